The van der Waals surface area contributed by atoms with Gasteiger partial charge in [0.05, 0.1) is 22.7 Å². The van der Waals surface area contributed by atoms with Crippen molar-refractivity contribution >= 4 is 22.9 Å². The molecule has 0 saturated heterocycles. The molecule has 1 aromatic carbocycles. The highest BCUT2D eigenvalue weighted by Crippen LogP contribution is 2.26. The number of nitrogens with one attached hydrogen (secondary N) is 2. The van der Waals surface area contributed by atoms with Gasteiger partial charge in [-0.25, -0.2) is 9.97 Å². The second kappa shape index (κ2) is 6.20. The molecule has 1 aliphatic rings. The van der Waals surface area contributed by atoms with Crippen molar-refractivity contribution in [2.75, 3.05) is 5.32 Å². The van der Waals surface area contributed by atoms with Gasteiger partial charge in [-0.2, -0.15) is 0 Å². The monoisotopic (exact) mass is 338 g/mol. The summed E-state index contributed by atoms with van der Waals surface area (Å²) in [6, 6.07) is 7.87. The number of anilines is 1. The van der Waals surface area contributed by atoms with Crippen LogP contribution in [0.5, 0.6) is 0 Å². The zero-order valence-electron chi connectivity index (χ0n) is 13.4. The first-order chi connectivity index (χ1) is 11.7. The standard InChI is InChI=1S/C18H18N4OS/c1-11-21-17(9-24-11)12-3-2-4-14(7-12)22-18(23)13-5-6-15-16(8-13)20-10-19-15/h2-4,7,9-10,13H,5-6,8H2,1H3,(H,19,20)(H,22,23). The molecule has 6 heteroatoms. The van der Waals surface area contributed by atoms with E-state index in [0.717, 1.165) is 52.6 Å². The Bertz CT molecular complexity index is 883. The summed E-state index contributed by atoms with van der Waals surface area (Å²) in [4.78, 5) is 24.5. The number of thiazole rings is 1. The van der Waals surface area contributed by atoms with Crippen molar-refractivity contribution in [1.29, 1.82) is 0 Å². The summed E-state index contributed by atoms with van der Waals surface area (Å²) in [5, 5.41) is 6.13. The Labute approximate surface area is 144 Å². The minimum absolute atomic E-state index is 0.0110. The number of rotatable bonds is 3. The summed E-state index contributed by atoms with van der Waals surface area (Å²) in [5.41, 5.74) is 4.98. The Hall–Kier alpha value is -2.47. The number of benzene rings is 1. The number of carbonyl (C=O) groups is 1. The summed E-state index contributed by atoms with van der Waals surface area (Å²) in [6.45, 7) is 1.99. The van der Waals surface area contributed by atoms with E-state index in [1.807, 2.05) is 36.6 Å². The van der Waals surface area contributed by atoms with Crippen LogP contribution in [0.4, 0.5) is 5.69 Å². The van der Waals surface area contributed by atoms with Gasteiger partial charge in [0.1, 0.15) is 0 Å². The van der Waals surface area contributed by atoms with Gasteiger partial charge in [0.15, 0.2) is 0 Å². The van der Waals surface area contributed by atoms with Crippen molar-refractivity contribution in [3.05, 3.63) is 52.4 Å². The molecule has 122 valence electrons. The summed E-state index contributed by atoms with van der Waals surface area (Å²) in [6.07, 6.45) is 4.14. The molecular weight excluding hydrogens is 320 g/mol. The van der Waals surface area contributed by atoms with Crippen molar-refractivity contribution in [2.45, 2.75) is 26.2 Å². The molecule has 1 unspecified atom stereocenters. The van der Waals surface area contributed by atoms with Crippen molar-refractivity contribution in [1.82, 2.24) is 15.0 Å². The van der Waals surface area contributed by atoms with Crippen LogP contribution in [0, 0.1) is 12.8 Å². The molecular formula is C18H18N4OS. The Morgan fingerprint density at radius 2 is 2.33 bits per heavy atom. The Morgan fingerprint density at radius 3 is 3.17 bits per heavy atom. The molecule has 0 fully saturated rings. The van der Waals surface area contributed by atoms with E-state index in [2.05, 4.69) is 20.3 Å². The number of aromatic nitrogens is 3. The van der Waals surface area contributed by atoms with Crippen molar-refractivity contribution in [3.63, 3.8) is 0 Å². The smallest absolute Gasteiger partial charge is 0.227 e. The molecule has 0 spiro atoms. The molecule has 2 N–H and O–H groups in total. The normalized spacial score (nSPS) is 16.6. The highest BCUT2D eigenvalue weighted by molar-refractivity contribution is 7.09. The van der Waals surface area contributed by atoms with Crippen LogP contribution >= 0.6 is 11.3 Å². The molecule has 0 radical (unpaired) electrons. The van der Waals surface area contributed by atoms with Gasteiger partial charge in [0, 0.05) is 34.7 Å². The van der Waals surface area contributed by atoms with Crippen LogP contribution in [0.2, 0.25) is 0 Å². The van der Waals surface area contributed by atoms with Crippen molar-refractivity contribution < 1.29 is 4.79 Å². The highest BCUT2D eigenvalue weighted by Gasteiger charge is 2.26. The first-order valence-electron chi connectivity index (χ1n) is 8.03. The van der Waals surface area contributed by atoms with E-state index in [4.69, 9.17) is 0 Å². The third-order valence-corrected chi connectivity index (χ3v) is 5.18. The van der Waals surface area contributed by atoms with E-state index in [1.165, 1.54) is 0 Å². The highest BCUT2D eigenvalue weighted by atomic mass is 32.1. The predicted molar refractivity (Wildman–Crippen MR) is 95.0 cm³/mol. The van der Waals surface area contributed by atoms with Crippen LogP contribution in [0.3, 0.4) is 0 Å². The SMILES string of the molecule is Cc1nc(-c2cccc(NC(=O)C3CCc4nc[nH]c4C3)c2)cs1. The van der Waals surface area contributed by atoms with Gasteiger partial charge < -0.3 is 10.3 Å². The second-order valence-corrected chi connectivity index (χ2v) is 7.15. The number of aromatic amines is 1. The zero-order valence-corrected chi connectivity index (χ0v) is 14.2. The van der Waals surface area contributed by atoms with Gasteiger partial charge in [0.25, 0.3) is 0 Å². The van der Waals surface area contributed by atoms with Crippen LogP contribution < -0.4 is 5.32 Å². The molecule has 2 heterocycles. The van der Waals surface area contributed by atoms with E-state index >= 15 is 0 Å². The van der Waals surface area contributed by atoms with Gasteiger partial charge in [-0.1, -0.05) is 12.1 Å². The summed E-state index contributed by atoms with van der Waals surface area (Å²) in [5.74, 6) is 0.0602. The molecule has 1 amide bonds. The number of fused-ring (bicyclic) bond motifs is 1. The van der Waals surface area contributed by atoms with Crippen LogP contribution in [0.15, 0.2) is 36.0 Å². The molecule has 3 aromatic rings. The third-order valence-electron chi connectivity index (χ3n) is 4.40. The topological polar surface area (TPSA) is 70.7 Å². The van der Waals surface area contributed by atoms with Crippen LogP contribution in [0.25, 0.3) is 11.3 Å². The van der Waals surface area contributed by atoms with Crippen molar-refractivity contribution in [2.24, 2.45) is 5.92 Å². The fourth-order valence-electron chi connectivity index (χ4n) is 3.12. The summed E-state index contributed by atoms with van der Waals surface area (Å²) >= 11 is 1.63. The van der Waals surface area contributed by atoms with Gasteiger partial charge >= 0.3 is 0 Å². The number of nitrogens with zero attached hydrogens (tertiary/aromatic N) is 2. The van der Waals surface area contributed by atoms with E-state index in [1.54, 1.807) is 17.7 Å². The number of H-pyrrole nitrogens is 1. The summed E-state index contributed by atoms with van der Waals surface area (Å²) in [7, 11) is 0. The Morgan fingerprint density at radius 1 is 1.42 bits per heavy atom. The van der Waals surface area contributed by atoms with Crippen molar-refractivity contribution in [3.8, 4) is 11.3 Å². The number of carbonyl (C=O) groups excluding carboxylic acids is 1. The van der Waals surface area contributed by atoms with Crippen LogP contribution in [0.1, 0.15) is 22.8 Å². The third kappa shape index (κ3) is 2.97. The largest absolute Gasteiger partial charge is 0.348 e. The minimum Gasteiger partial charge on any atom is -0.348 e. The molecule has 24 heavy (non-hydrogen) atoms. The molecule has 1 atom stereocenters. The van der Waals surface area contributed by atoms with Gasteiger partial charge in [-0.15, -0.1) is 11.3 Å². The first-order valence-corrected chi connectivity index (χ1v) is 8.91. The lowest BCUT2D eigenvalue weighted by molar-refractivity contribution is -0.120. The number of imidazole rings is 1. The fraction of sp³-hybridized carbons (Fsp3) is 0.278. The summed E-state index contributed by atoms with van der Waals surface area (Å²) < 4.78 is 0. The maximum atomic E-state index is 12.6. The van der Waals surface area contributed by atoms with Crippen LogP contribution in [-0.4, -0.2) is 20.9 Å². The fourth-order valence-corrected chi connectivity index (χ4v) is 3.74. The first kappa shape index (κ1) is 15.1. The average molecular weight is 338 g/mol. The molecule has 0 saturated carbocycles. The lowest BCUT2D eigenvalue weighted by Crippen LogP contribution is -2.28. The number of amides is 1. The Balaban J connectivity index is 1.48. The van der Waals surface area contributed by atoms with Gasteiger partial charge in [-0.3, -0.25) is 4.79 Å². The maximum Gasteiger partial charge on any atom is 0.227 e. The quantitative estimate of drug-likeness (QED) is 0.767. The van der Waals surface area contributed by atoms with Crippen LogP contribution in [-0.2, 0) is 17.6 Å². The number of hydrogen-bond donors (Lipinski definition) is 2. The minimum atomic E-state index is -0.0110. The molecule has 1 aliphatic carbocycles. The second-order valence-electron chi connectivity index (χ2n) is 6.09. The molecule has 0 aliphatic heterocycles. The van der Waals surface area contributed by atoms with E-state index in [9.17, 15) is 4.79 Å². The van der Waals surface area contributed by atoms with E-state index in [-0.39, 0.29) is 11.8 Å². The molecule has 2 aromatic heterocycles. The average Bonchev–Trinajstić information content (AvgIpc) is 3.23. The lowest BCUT2D eigenvalue weighted by Gasteiger charge is -2.20. The zero-order chi connectivity index (χ0) is 16.5. The Kier molecular flexibility index (Phi) is 3.90. The molecule has 5 nitrogen and oxygen atoms in total. The van der Waals surface area contributed by atoms with Gasteiger partial charge in [0.2, 0.25) is 5.91 Å². The molecule has 4 rings (SSSR count). The number of hydrogen-bond acceptors (Lipinski definition) is 4. The molecule has 0 bridgehead atoms. The maximum absolute atomic E-state index is 12.6. The van der Waals surface area contributed by atoms with E-state index in [0.29, 0.717) is 0 Å². The predicted octanol–water partition coefficient (Wildman–Crippen LogP) is 3.59. The lowest BCUT2D eigenvalue weighted by atomic mass is 9.89. The number of aryl methyl sites for hydroxylation is 2. The van der Waals surface area contributed by atoms with E-state index < -0.39 is 0 Å². The van der Waals surface area contributed by atoms with Gasteiger partial charge in [-0.05, 0) is 31.9 Å².